The molecule has 0 radical (unpaired) electrons. The predicted octanol–water partition coefficient (Wildman–Crippen LogP) is 5.03. The van der Waals surface area contributed by atoms with Crippen molar-refractivity contribution in [1.29, 1.82) is 0 Å². The number of benzene rings is 2. The minimum Gasteiger partial charge on any atom is -0.339 e. The molecule has 0 spiro atoms. The highest BCUT2D eigenvalue weighted by atomic mass is 32.2. The van der Waals surface area contributed by atoms with Crippen molar-refractivity contribution in [2.24, 2.45) is 0 Å². The van der Waals surface area contributed by atoms with E-state index in [1.165, 1.54) is 11.8 Å². The number of nitrogens with zero attached hydrogens (tertiary/aromatic N) is 1. The molecule has 27 heavy (non-hydrogen) atoms. The van der Waals surface area contributed by atoms with Crippen molar-refractivity contribution in [1.82, 2.24) is 4.90 Å². The number of carbonyl (C=O) groups is 2. The largest absolute Gasteiger partial charge is 0.339 e. The Kier molecular flexibility index (Phi) is 6.35. The molecule has 0 fully saturated rings. The van der Waals surface area contributed by atoms with Crippen molar-refractivity contribution in [3.8, 4) is 0 Å². The Balaban J connectivity index is 1.83. The highest BCUT2D eigenvalue weighted by Crippen LogP contribution is 2.39. The number of thioether (sulfide) groups is 1. The molecule has 0 saturated carbocycles. The van der Waals surface area contributed by atoms with Gasteiger partial charge in [0.25, 0.3) is 11.8 Å². The Morgan fingerprint density at radius 2 is 1.78 bits per heavy atom. The molecule has 0 unspecified atom stereocenters. The highest BCUT2D eigenvalue weighted by molar-refractivity contribution is 8.04. The Bertz CT molecular complexity index is 856. The lowest BCUT2D eigenvalue weighted by molar-refractivity contribution is -0.112. The van der Waals surface area contributed by atoms with Gasteiger partial charge in [0, 0.05) is 23.5 Å². The lowest BCUT2D eigenvalue weighted by Gasteiger charge is -2.23. The number of nitrogens with one attached hydrogen (secondary N) is 1. The SMILES string of the molecule is CCCN(CCC)C(=O)c1ccc2c(c1)NC(=O)/C(=C/c1ccccc1)S2. The quantitative estimate of drug-likeness (QED) is 0.715. The van der Waals surface area contributed by atoms with Gasteiger partial charge in [0.15, 0.2) is 0 Å². The number of carbonyl (C=O) groups excluding carboxylic acids is 2. The molecule has 0 aliphatic carbocycles. The van der Waals surface area contributed by atoms with Crippen LogP contribution in [0.25, 0.3) is 6.08 Å². The minimum atomic E-state index is -0.139. The van der Waals surface area contributed by atoms with Crippen LogP contribution < -0.4 is 5.32 Å². The van der Waals surface area contributed by atoms with Gasteiger partial charge in [-0.25, -0.2) is 0 Å². The fourth-order valence-corrected chi connectivity index (χ4v) is 3.96. The van der Waals surface area contributed by atoms with Gasteiger partial charge in [-0.1, -0.05) is 55.9 Å². The molecule has 1 N–H and O–H groups in total. The Labute approximate surface area is 164 Å². The van der Waals surface area contributed by atoms with Gasteiger partial charge in [-0.3, -0.25) is 9.59 Å². The van der Waals surface area contributed by atoms with Gasteiger partial charge in [0.05, 0.1) is 10.6 Å². The maximum Gasteiger partial charge on any atom is 0.262 e. The molecule has 1 aliphatic heterocycles. The summed E-state index contributed by atoms with van der Waals surface area (Å²) in [6.07, 6.45) is 3.74. The van der Waals surface area contributed by atoms with Gasteiger partial charge in [-0.05, 0) is 42.7 Å². The number of rotatable bonds is 6. The van der Waals surface area contributed by atoms with Gasteiger partial charge in [-0.15, -0.1) is 0 Å². The molecule has 1 aliphatic rings. The predicted molar refractivity (Wildman–Crippen MR) is 112 cm³/mol. The van der Waals surface area contributed by atoms with Crippen LogP contribution in [0.15, 0.2) is 58.3 Å². The van der Waals surface area contributed by atoms with E-state index in [2.05, 4.69) is 19.2 Å². The summed E-state index contributed by atoms with van der Waals surface area (Å²) in [5, 5.41) is 2.93. The van der Waals surface area contributed by atoms with Crippen molar-refractivity contribution >= 4 is 35.3 Å². The molecule has 140 valence electrons. The zero-order valence-electron chi connectivity index (χ0n) is 15.7. The van der Waals surface area contributed by atoms with E-state index in [1.807, 2.05) is 53.4 Å². The standard InChI is InChI=1S/C22H24N2O2S/c1-3-12-24(13-4-2)22(26)17-10-11-19-18(15-17)23-21(25)20(27-19)14-16-8-6-5-7-9-16/h5-11,14-15H,3-4,12-13H2,1-2H3,(H,23,25)/b20-14-. The second-order valence-electron chi connectivity index (χ2n) is 6.48. The van der Waals surface area contributed by atoms with E-state index in [0.717, 1.165) is 36.4 Å². The number of fused-ring (bicyclic) bond motifs is 1. The van der Waals surface area contributed by atoms with E-state index in [-0.39, 0.29) is 11.8 Å². The smallest absolute Gasteiger partial charge is 0.262 e. The van der Waals surface area contributed by atoms with E-state index >= 15 is 0 Å². The maximum atomic E-state index is 12.8. The third kappa shape index (κ3) is 4.61. The molecule has 3 rings (SSSR count). The summed E-state index contributed by atoms with van der Waals surface area (Å²) in [6, 6.07) is 15.3. The molecule has 0 saturated heterocycles. The highest BCUT2D eigenvalue weighted by Gasteiger charge is 2.23. The van der Waals surface area contributed by atoms with Crippen LogP contribution in [0.1, 0.15) is 42.6 Å². The zero-order chi connectivity index (χ0) is 19.2. The number of amides is 2. The second-order valence-corrected chi connectivity index (χ2v) is 7.56. The number of anilines is 1. The summed E-state index contributed by atoms with van der Waals surface area (Å²) >= 11 is 1.43. The molecule has 2 aromatic carbocycles. The van der Waals surface area contributed by atoms with Gasteiger partial charge in [0.2, 0.25) is 0 Å². The van der Waals surface area contributed by atoms with Crippen LogP contribution >= 0.6 is 11.8 Å². The Morgan fingerprint density at radius 3 is 2.44 bits per heavy atom. The molecule has 1 heterocycles. The van der Waals surface area contributed by atoms with Crippen molar-refractivity contribution in [2.75, 3.05) is 18.4 Å². The summed E-state index contributed by atoms with van der Waals surface area (Å²) in [6.45, 7) is 5.63. The second kappa shape index (κ2) is 8.91. The van der Waals surface area contributed by atoms with Crippen LogP contribution in [0.5, 0.6) is 0 Å². The van der Waals surface area contributed by atoms with Crippen molar-refractivity contribution in [3.05, 3.63) is 64.6 Å². The molecular weight excluding hydrogens is 356 g/mol. The molecule has 0 aromatic heterocycles. The van der Waals surface area contributed by atoms with E-state index in [0.29, 0.717) is 16.2 Å². The van der Waals surface area contributed by atoms with Crippen molar-refractivity contribution in [3.63, 3.8) is 0 Å². The van der Waals surface area contributed by atoms with Crippen LogP contribution in [-0.4, -0.2) is 29.8 Å². The van der Waals surface area contributed by atoms with Crippen molar-refractivity contribution in [2.45, 2.75) is 31.6 Å². The first-order valence-electron chi connectivity index (χ1n) is 9.31. The summed E-state index contributed by atoms with van der Waals surface area (Å²) in [4.78, 5) is 28.7. The van der Waals surface area contributed by atoms with Crippen molar-refractivity contribution < 1.29 is 9.59 Å². The topological polar surface area (TPSA) is 49.4 Å². The Hall–Kier alpha value is -2.53. The average molecular weight is 381 g/mol. The van der Waals surface area contributed by atoms with Gasteiger partial charge < -0.3 is 10.2 Å². The molecule has 0 bridgehead atoms. The number of hydrogen-bond acceptors (Lipinski definition) is 3. The van der Waals surface area contributed by atoms with E-state index in [9.17, 15) is 9.59 Å². The third-order valence-corrected chi connectivity index (χ3v) is 5.39. The van der Waals surface area contributed by atoms with Crippen LogP contribution in [0.4, 0.5) is 5.69 Å². The monoisotopic (exact) mass is 380 g/mol. The fourth-order valence-electron chi connectivity index (χ4n) is 3.03. The summed E-state index contributed by atoms with van der Waals surface area (Å²) < 4.78 is 0. The molecule has 4 nitrogen and oxygen atoms in total. The van der Waals surface area contributed by atoms with Crippen LogP contribution in [-0.2, 0) is 4.79 Å². The van der Waals surface area contributed by atoms with Crippen LogP contribution in [0.2, 0.25) is 0 Å². The summed E-state index contributed by atoms with van der Waals surface area (Å²) in [5.41, 5.74) is 2.31. The lowest BCUT2D eigenvalue weighted by Crippen LogP contribution is -2.32. The Morgan fingerprint density at radius 1 is 1.07 bits per heavy atom. The average Bonchev–Trinajstić information content (AvgIpc) is 2.68. The van der Waals surface area contributed by atoms with Crippen LogP contribution in [0.3, 0.4) is 0 Å². The van der Waals surface area contributed by atoms with Gasteiger partial charge >= 0.3 is 0 Å². The molecule has 2 aromatic rings. The first-order valence-corrected chi connectivity index (χ1v) is 10.1. The van der Waals surface area contributed by atoms with E-state index in [4.69, 9.17) is 0 Å². The van der Waals surface area contributed by atoms with Gasteiger partial charge in [0.1, 0.15) is 0 Å². The maximum absolute atomic E-state index is 12.8. The fraction of sp³-hybridized carbons (Fsp3) is 0.273. The molecular formula is C22H24N2O2S. The first kappa shape index (κ1) is 19.2. The normalized spacial score (nSPS) is 14.6. The van der Waals surface area contributed by atoms with E-state index in [1.54, 1.807) is 6.07 Å². The first-order chi connectivity index (χ1) is 13.1. The molecule has 5 heteroatoms. The van der Waals surface area contributed by atoms with Crippen LogP contribution in [0, 0.1) is 0 Å². The third-order valence-electron chi connectivity index (χ3n) is 4.29. The van der Waals surface area contributed by atoms with Gasteiger partial charge in [-0.2, -0.15) is 0 Å². The summed E-state index contributed by atoms with van der Waals surface area (Å²) in [5.74, 6) is -0.119. The molecule has 0 atom stereocenters. The number of hydrogen-bond donors (Lipinski definition) is 1. The lowest BCUT2D eigenvalue weighted by atomic mass is 10.1. The van der Waals surface area contributed by atoms with E-state index < -0.39 is 0 Å². The zero-order valence-corrected chi connectivity index (χ0v) is 16.5. The summed E-state index contributed by atoms with van der Waals surface area (Å²) in [7, 11) is 0. The molecule has 2 amide bonds. The minimum absolute atomic E-state index is 0.0198.